The van der Waals surface area contributed by atoms with Gasteiger partial charge in [-0.1, -0.05) is 5.21 Å². The Morgan fingerprint density at radius 2 is 2.17 bits per heavy atom. The predicted octanol–water partition coefficient (Wildman–Crippen LogP) is -1.74. The lowest BCUT2D eigenvalue weighted by Gasteiger charge is -2.35. The number of carbonyl (C=O) groups excluding carboxylic acids is 2. The van der Waals surface area contributed by atoms with Crippen molar-refractivity contribution >= 4 is 27.7 Å². The zero-order valence-corrected chi connectivity index (χ0v) is 13.6. The summed E-state index contributed by atoms with van der Waals surface area (Å²) in [7, 11) is -2.80. The number of amides is 1. The maximum Gasteiger partial charge on any atom is 0.360 e. The maximum absolute atomic E-state index is 12.7. The molecule has 2 fully saturated rings. The monoisotopic (exact) mass is 358 g/mol. The van der Waals surface area contributed by atoms with Gasteiger partial charge in [-0.25, -0.2) is 22.7 Å². The lowest BCUT2D eigenvalue weighted by atomic mass is 9.96. The number of rotatable bonds is 4. The fourth-order valence-electron chi connectivity index (χ4n) is 3.18. The minimum Gasteiger partial charge on any atom is -0.480 e. The number of carboxylic acids is 1. The molecule has 1 aromatic heterocycles. The Morgan fingerprint density at radius 3 is 2.71 bits per heavy atom. The number of carbonyl (C=O) groups is 3. The van der Waals surface area contributed by atoms with Gasteiger partial charge in [-0.05, 0) is 6.92 Å². The maximum atomic E-state index is 12.7. The number of carboxylic acid groups (broad SMARTS) is 1. The summed E-state index contributed by atoms with van der Waals surface area (Å²) in [6.07, 6.45) is 0.940. The van der Waals surface area contributed by atoms with Gasteiger partial charge in [-0.3, -0.25) is 4.79 Å². The molecule has 1 aromatic rings. The van der Waals surface area contributed by atoms with E-state index in [9.17, 15) is 27.9 Å². The Kier molecular flexibility index (Phi) is 3.41. The van der Waals surface area contributed by atoms with Crippen LogP contribution in [0.5, 0.6) is 0 Å². The first-order valence-electron chi connectivity index (χ1n) is 6.89. The summed E-state index contributed by atoms with van der Waals surface area (Å²) in [4.78, 5) is 35.6. The molecule has 0 aromatic carbocycles. The molecular weight excluding hydrogens is 344 g/mol. The van der Waals surface area contributed by atoms with Crippen LogP contribution in [0.2, 0.25) is 0 Å². The van der Waals surface area contributed by atoms with Crippen LogP contribution in [0.4, 0.5) is 0 Å². The summed E-state index contributed by atoms with van der Waals surface area (Å²) < 4.78 is 29.2. The Labute approximate surface area is 136 Å². The van der Waals surface area contributed by atoms with E-state index in [-0.39, 0.29) is 18.7 Å². The third-order valence-electron chi connectivity index (χ3n) is 4.46. The summed E-state index contributed by atoms with van der Waals surface area (Å²) in [6, 6.07) is -1.53. The molecule has 0 saturated carbocycles. The minimum atomic E-state index is -3.95. The number of nitrogens with zero attached hydrogens (tertiary/aromatic N) is 4. The molecule has 0 unspecified atom stereocenters. The number of aliphatic carboxylic acids is 1. The first-order valence-corrected chi connectivity index (χ1v) is 8.44. The minimum absolute atomic E-state index is 0.136. The van der Waals surface area contributed by atoms with E-state index in [0.29, 0.717) is 0 Å². The number of β-lactam (4-membered cyclic amide) rings is 1. The van der Waals surface area contributed by atoms with E-state index in [2.05, 4.69) is 15.0 Å². The molecule has 0 radical (unpaired) electrons. The van der Waals surface area contributed by atoms with Gasteiger partial charge in [0.1, 0.15) is 10.1 Å². The molecule has 0 spiro atoms. The normalized spacial score (nSPS) is 30.6. The standard InChI is InChI=1S/C12H14N4O7S/c1-12(5-15-4-6(13-14-15)11(20)23-2)9(10(18)19)16-7(17)3-8(16)24(12,21)22/h4,8-9H,3,5H2,1-2H3,(H,18,19)/t8-,9+,12+/m1/s1. The molecule has 2 saturated heterocycles. The molecule has 3 heterocycles. The quantitative estimate of drug-likeness (QED) is 0.489. The van der Waals surface area contributed by atoms with Crippen molar-refractivity contribution in [3.63, 3.8) is 0 Å². The van der Waals surface area contributed by atoms with Crippen molar-refractivity contribution in [1.82, 2.24) is 19.9 Å². The van der Waals surface area contributed by atoms with Crippen molar-refractivity contribution in [3.8, 4) is 0 Å². The number of aromatic nitrogens is 3. The number of hydrogen-bond acceptors (Lipinski definition) is 8. The molecule has 130 valence electrons. The summed E-state index contributed by atoms with van der Waals surface area (Å²) in [5.74, 6) is -2.69. The van der Waals surface area contributed by atoms with E-state index < -0.39 is 43.8 Å². The number of sulfone groups is 1. The van der Waals surface area contributed by atoms with Gasteiger partial charge in [-0.2, -0.15) is 0 Å². The smallest absolute Gasteiger partial charge is 0.360 e. The summed E-state index contributed by atoms with van der Waals surface area (Å²) in [6.45, 7) is 0.892. The molecule has 3 rings (SSSR count). The van der Waals surface area contributed by atoms with Gasteiger partial charge >= 0.3 is 11.9 Å². The summed E-state index contributed by atoms with van der Waals surface area (Å²) >= 11 is 0. The van der Waals surface area contributed by atoms with Gasteiger partial charge in [0.25, 0.3) is 0 Å². The van der Waals surface area contributed by atoms with E-state index in [0.717, 1.165) is 16.7 Å². The molecular formula is C12H14N4O7S. The van der Waals surface area contributed by atoms with Crippen molar-refractivity contribution in [2.75, 3.05) is 7.11 Å². The number of esters is 1. The lowest BCUT2D eigenvalue weighted by molar-refractivity contribution is -0.157. The van der Waals surface area contributed by atoms with Crippen LogP contribution in [0.3, 0.4) is 0 Å². The molecule has 1 amide bonds. The highest BCUT2D eigenvalue weighted by atomic mass is 32.2. The van der Waals surface area contributed by atoms with Crippen LogP contribution in [-0.2, 0) is 30.7 Å². The zero-order chi connectivity index (χ0) is 17.9. The highest BCUT2D eigenvalue weighted by Crippen LogP contribution is 2.46. The average molecular weight is 358 g/mol. The highest BCUT2D eigenvalue weighted by Gasteiger charge is 2.70. The second kappa shape index (κ2) is 5.00. The first-order chi connectivity index (χ1) is 11.1. The third kappa shape index (κ3) is 1.95. The summed E-state index contributed by atoms with van der Waals surface area (Å²) in [5.41, 5.74) is -0.136. The topological polar surface area (TPSA) is 149 Å². The molecule has 1 N–H and O–H groups in total. The number of methoxy groups -OCH3 is 1. The molecule has 24 heavy (non-hydrogen) atoms. The predicted molar refractivity (Wildman–Crippen MR) is 75.4 cm³/mol. The van der Waals surface area contributed by atoms with Crippen molar-refractivity contribution in [1.29, 1.82) is 0 Å². The highest BCUT2D eigenvalue weighted by molar-refractivity contribution is 7.93. The van der Waals surface area contributed by atoms with Gasteiger partial charge in [0.2, 0.25) is 5.91 Å². The Balaban J connectivity index is 2.00. The molecule has 2 aliphatic heterocycles. The Hall–Kier alpha value is -2.50. The van der Waals surface area contributed by atoms with Crippen LogP contribution in [0, 0.1) is 0 Å². The summed E-state index contributed by atoms with van der Waals surface area (Å²) in [5, 5.41) is 15.5. The van der Waals surface area contributed by atoms with Gasteiger partial charge in [0, 0.05) is 0 Å². The fraction of sp³-hybridized carbons (Fsp3) is 0.583. The Morgan fingerprint density at radius 1 is 1.50 bits per heavy atom. The van der Waals surface area contributed by atoms with Gasteiger partial charge in [-0.15, -0.1) is 5.10 Å². The van der Waals surface area contributed by atoms with Crippen molar-refractivity contribution in [3.05, 3.63) is 11.9 Å². The number of fused-ring (bicyclic) bond motifs is 1. The van der Waals surface area contributed by atoms with E-state index >= 15 is 0 Å². The lowest BCUT2D eigenvalue weighted by Crippen LogP contribution is -2.58. The first kappa shape index (κ1) is 16.4. The molecule has 0 bridgehead atoms. The average Bonchev–Trinajstić information content (AvgIpc) is 3.00. The zero-order valence-electron chi connectivity index (χ0n) is 12.7. The van der Waals surface area contributed by atoms with Crippen molar-refractivity contribution in [2.24, 2.45) is 0 Å². The molecule has 0 aliphatic carbocycles. The second-order valence-electron chi connectivity index (χ2n) is 5.85. The molecule has 3 atom stereocenters. The second-order valence-corrected chi connectivity index (χ2v) is 8.42. The van der Waals surface area contributed by atoms with Gasteiger partial charge in [0.15, 0.2) is 21.6 Å². The number of ether oxygens (including phenoxy) is 1. The van der Waals surface area contributed by atoms with Crippen LogP contribution in [-0.4, -0.2) is 74.5 Å². The van der Waals surface area contributed by atoms with Crippen LogP contribution < -0.4 is 0 Å². The van der Waals surface area contributed by atoms with E-state index in [1.165, 1.54) is 13.1 Å². The Bertz CT molecular complexity index is 847. The fourth-order valence-corrected chi connectivity index (χ4v) is 5.54. The van der Waals surface area contributed by atoms with E-state index in [1.807, 2.05) is 0 Å². The van der Waals surface area contributed by atoms with E-state index in [4.69, 9.17) is 0 Å². The van der Waals surface area contributed by atoms with Crippen LogP contribution >= 0.6 is 0 Å². The van der Waals surface area contributed by atoms with Gasteiger partial charge < -0.3 is 14.7 Å². The largest absolute Gasteiger partial charge is 0.480 e. The number of hydrogen-bond donors (Lipinski definition) is 1. The molecule has 11 nitrogen and oxygen atoms in total. The van der Waals surface area contributed by atoms with Crippen molar-refractivity contribution in [2.45, 2.75) is 36.1 Å². The van der Waals surface area contributed by atoms with Gasteiger partial charge in [0.05, 0.1) is 26.3 Å². The van der Waals surface area contributed by atoms with Crippen LogP contribution in [0.25, 0.3) is 0 Å². The molecule has 2 aliphatic rings. The SMILES string of the molecule is COC(=O)c1cn(C[C@@]2(C)[C@H](C(=O)O)N3C(=O)C[C@H]3S2(=O)=O)nn1. The third-order valence-corrected chi connectivity index (χ3v) is 7.22. The van der Waals surface area contributed by atoms with Crippen molar-refractivity contribution < 1.29 is 32.6 Å². The van der Waals surface area contributed by atoms with Crippen LogP contribution in [0.1, 0.15) is 23.8 Å². The van der Waals surface area contributed by atoms with Crippen LogP contribution in [0.15, 0.2) is 6.20 Å². The molecule has 12 heteroatoms. The van der Waals surface area contributed by atoms with E-state index in [1.54, 1.807) is 0 Å².